The maximum absolute atomic E-state index is 12.1. The van der Waals surface area contributed by atoms with E-state index in [4.69, 9.17) is 9.84 Å². The standard InChI is InChI=1S/C18H18N2O7/c1-26-18(23)16(10-21)19-17(22)13-5-7-15(8-6-13)27-11-12-3-2-4-14(9-12)20(24)25/h2-9,16,21H,10-11H2,1H3,(H,19,22)/t16-/m1/s1. The third kappa shape index (κ3) is 5.51. The molecule has 9 nitrogen and oxygen atoms in total. The van der Waals surface area contributed by atoms with Crippen LogP contribution in [0.25, 0.3) is 0 Å². The molecule has 0 bridgehead atoms. The molecule has 0 aliphatic heterocycles. The summed E-state index contributed by atoms with van der Waals surface area (Å²) in [4.78, 5) is 33.8. The molecule has 1 amide bonds. The van der Waals surface area contributed by atoms with E-state index in [1.165, 1.54) is 24.3 Å². The Morgan fingerprint density at radius 1 is 1.22 bits per heavy atom. The summed E-state index contributed by atoms with van der Waals surface area (Å²) in [5.74, 6) is -0.836. The molecule has 0 aromatic heterocycles. The number of ether oxygens (including phenoxy) is 2. The summed E-state index contributed by atoms with van der Waals surface area (Å²) >= 11 is 0. The Hall–Kier alpha value is -3.46. The van der Waals surface area contributed by atoms with Crippen LogP contribution in [0, 0.1) is 10.1 Å². The lowest BCUT2D eigenvalue weighted by molar-refractivity contribution is -0.384. The van der Waals surface area contributed by atoms with Gasteiger partial charge < -0.3 is 19.9 Å². The van der Waals surface area contributed by atoms with Crippen molar-refractivity contribution in [1.29, 1.82) is 0 Å². The van der Waals surface area contributed by atoms with Gasteiger partial charge in [0.1, 0.15) is 12.4 Å². The summed E-state index contributed by atoms with van der Waals surface area (Å²) in [6.45, 7) is -0.453. The van der Waals surface area contributed by atoms with Crippen molar-refractivity contribution in [1.82, 2.24) is 5.32 Å². The predicted molar refractivity (Wildman–Crippen MR) is 94.2 cm³/mol. The van der Waals surface area contributed by atoms with Gasteiger partial charge in [-0.2, -0.15) is 0 Å². The molecular weight excluding hydrogens is 356 g/mol. The highest BCUT2D eigenvalue weighted by atomic mass is 16.6. The number of nitro benzene ring substituents is 1. The van der Waals surface area contributed by atoms with Crippen molar-refractivity contribution in [2.45, 2.75) is 12.6 Å². The van der Waals surface area contributed by atoms with Crippen LogP contribution in [0.4, 0.5) is 5.69 Å². The number of nitro groups is 1. The van der Waals surface area contributed by atoms with Crippen LogP contribution in [0.1, 0.15) is 15.9 Å². The molecule has 0 unspecified atom stereocenters. The van der Waals surface area contributed by atoms with Gasteiger partial charge in [-0.15, -0.1) is 0 Å². The van der Waals surface area contributed by atoms with Crippen molar-refractivity contribution in [3.8, 4) is 5.75 Å². The number of carbonyl (C=O) groups excluding carboxylic acids is 2. The summed E-state index contributed by atoms with van der Waals surface area (Å²) in [6.07, 6.45) is 0. The molecule has 2 N–H and O–H groups in total. The lowest BCUT2D eigenvalue weighted by Crippen LogP contribution is -2.44. The number of amides is 1. The fourth-order valence-electron chi connectivity index (χ4n) is 2.19. The van der Waals surface area contributed by atoms with E-state index in [1.807, 2.05) is 0 Å². The second-order valence-electron chi connectivity index (χ2n) is 5.47. The maximum atomic E-state index is 12.1. The highest BCUT2D eigenvalue weighted by Gasteiger charge is 2.21. The fraction of sp³-hybridized carbons (Fsp3) is 0.222. The monoisotopic (exact) mass is 374 g/mol. The first-order valence-electron chi connectivity index (χ1n) is 7.90. The summed E-state index contributed by atoms with van der Waals surface area (Å²) in [7, 11) is 1.16. The number of hydrogen-bond donors (Lipinski definition) is 2. The van der Waals surface area contributed by atoms with Crippen LogP contribution in [0.3, 0.4) is 0 Å². The van der Waals surface area contributed by atoms with Crippen molar-refractivity contribution in [2.24, 2.45) is 0 Å². The van der Waals surface area contributed by atoms with Crippen molar-refractivity contribution >= 4 is 17.6 Å². The third-order valence-corrected chi connectivity index (χ3v) is 3.62. The Kier molecular flexibility index (Phi) is 6.84. The number of nitrogens with one attached hydrogen (secondary N) is 1. The van der Waals surface area contributed by atoms with Crippen LogP contribution in [-0.2, 0) is 16.1 Å². The molecule has 9 heteroatoms. The molecule has 142 valence electrons. The minimum absolute atomic E-state index is 0.0211. The Labute approximate surface area is 154 Å². The first kappa shape index (κ1) is 19.9. The van der Waals surface area contributed by atoms with Crippen molar-refractivity contribution in [2.75, 3.05) is 13.7 Å². The van der Waals surface area contributed by atoms with Crippen molar-refractivity contribution in [3.05, 3.63) is 69.8 Å². The molecule has 1 atom stereocenters. The number of hydrogen-bond acceptors (Lipinski definition) is 7. The number of nitrogens with zero attached hydrogens (tertiary/aromatic N) is 1. The molecule has 0 spiro atoms. The molecule has 0 aliphatic carbocycles. The van der Waals surface area contributed by atoms with Gasteiger partial charge in [0.15, 0.2) is 6.04 Å². The van der Waals surface area contributed by atoms with Crippen LogP contribution in [0.5, 0.6) is 5.75 Å². The summed E-state index contributed by atoms with van der Waals surface area (Å²) in [6, 6.07) is 11.0. The smallest absolute Gasteiger partial charge is 0.330 e. The maximum Gasteiger partial charge on any atom is 0.330 e. The van der Waals surface area contributed by atoms with Crippen LogP contribution in [0.15, 0.2) is 48.5 Å². The van der Waals surface area contributed by atoms with Crippen molar-refractivity contribution in [3.63, 3.8) is 0 Å². The van der Waals surface area contributed by atoms with E-state index in [9.17, 15) is 19.7 Å². The molecule has 0 heterocycles. The zero-order chi connectivity index (χ0) is 19.8. The number of aliphatic hydroxyl groups is 1. The van der Waals surface area contributed by atoms with Crippen molar-refractivity contribution < 1.29 is 29.1 Å². The van der Waals surface area contributed by atoms with E-state index < -0.39 is 29.4 Å². The van der Waals surface area contributed by atoms with Gasteiger partial charge in [0.05, 0.1) is 18.6 Å². The summed E-state index contributed by atoms with van der Waals surface area (Å²) in [5.41, 5.74) is 0.877. The number of benzene rings is 2. The van der Waals surface area contributed by atoms with Crippen LogP contribution >= 0.6 is 0 Å². The summed E-state index contributed by atoms with van der Waals surface area (Å²) < 4.78 is 10.0. The zero-order valence-corrected chi connectivity index (χ0v) is 14.5. The minimum atomic E-state index is -1.15. The molecule has 0 saturated heterocycles. The normalized spacial score (nSPS) is 11.3. The molecular formula is C18H18N2O7. The molecule has 0 fully saturated rings. The third-order valence-electron chi connectivity index (χ3n) is 3.62. The van der Waals surface area contributed by atoms with E-state index in [0.29, 0.717) is 11.3 Å². The summed E-state index contributed by atoms with van der Waals surface area (Å²) in [5, 5.41) is 22.3. The Morgan fingerprint density at radius 3 is 2.52 bits per heavy atom. The van der Waals surface area contributed by atoms with Crippen LogP contribution in [-0.4, -0.2) is 41.7 Å². The highest BCUT2D eigenvalue weighted by molar-refractivity contribution is 5.96. The number of methoxy groups -OCH3 is 1. The van der Waals surface area contributed by atoms with E-state index in [0.717, 1.165) is 7.11 Å². The number of carbonyl (C=O) groups is 2. The van der Waals surface area contributed by atoms with Gasteiger partial charge in [-0.25, -0.2) is 4.79 Å². The van der Waals surface area contributed by atoms with Crippen LogP contribution in [0.2, 0.25) is 0 Å². The molecule has 2 rings (SSSR count). The molecule has 27 heavy (non-hydrogen) atoms. The topological polar surface area (TPSA) is 128 Å². The number of non-ortho nitro benzene ring substituents is 1. The predicted octanol–water partition coefficient (Wildman–Crippen LogP) is 1.44. The minimum Gasteiger partial charge on any atom is -0.489 e. The molecule has 0 aliphatic rings. The second-order valence-corrected chi connectivity index (χ2v) is 5.47. The Morgan fingerprint density at radius 2 is 1.93 bits per heavy atom. The van der Waals surface area contributed by atoms with E-state index in [1.54, 1.807) is 24.3 Å². The Bertz CT molecular complexity index is 821. The zero-order valence-electron chi connectivity index (χ0n) is 14.5. The van der Waals surface area contributed by atoms with Gasteiger partial charge in [0.2, 0.25) is 0 Å². The molecule has 2 aromatic rings. The van der Waals surface area contributed by atoms with Gasteiger partial charge in [-0.1, -0.05) is 12.1 Å². The quantitative estimate of drug-likeness (QED) is 0.406. The first-order valence-corrected chi connectivity index (χ1v) is 7.90. The lowest BCUT2D eigenvalue weighted by Gasteiger charge is -2.14. The van der Waals surface area contributed by atoms with Gasteiger partial charge in [0, 0.05) is 17.7 Å². The van der Waals surface area contributed by atoms with Gasteiger partial charge in [-0.3, -0.25) is 14.9 Å². The first-order chi connectivity index (χ1) is 12.9. The molecule has 2 aromatic carbocycles. The number of aliphatic hydroxyl groups excluding tert-OH is 1. The van der Waals surface area contributed by atoms with Crippen LogP contribution < -0.4 is 10.1 Å². The van der Waals surface area contributed by atoms with E-state index in [2.05, 4.69) is 10.1 Å². The molecule has 0 saturated carbocycles. The van der Waals surface area contributed by atoms with E-state index in [-0.39, 0.29) is 17.9 Å². The Balaban J connectivity index is 1.96. The average molecular weight is 374 g/mol. The number of esters is 1. The number of rotatable bonds is 8. The highest BCUT2D eigenvalue weighted by Crippen LogP contribution is 2.17. The lowest BCUT2D eigenvalue weighted by atomic mass is 10.2. The largest absolute Gasteiger partial charge is 0.489 e. The van der Waals surface area contributed by atoms with Gasteiger partial charge >= 0.3 is 5.97 Å². The van der Waals surface area contributed by atoms with Gasteiger partial charge in [-0.05, 0) is 29.8 Å². The average Bonchev–Trinajstić information content (AvgIpc) is 2.70. The second kappa shape index (κ2) is 9.30. The molecule has 0 radical (unpaired) electrons. The van der Waals surface area contributed by atoms with Gasteiger partial charge in [0.25, 0.3) is 11.6 Å². The van der Waals surface area contributed by atoms with E-state index >= 15 is 0 Å². The fourth-order valence-corrected chi connectivity index (χ4v) is 2.19. The SMILES string of the molecule is COC(=O)[C@@H](CO)NC(=O)c1ccc(OCc2cccc([N+](=O)[O-])c2)cc1.